The Bertz CT molecular complexity index is 3570. The van der Waals surface area contributed by atoms with Gasteiger partial charge in [0.05, 0.1) is 22.1 Å². The van der Waals surface area contributed by atoms with Crippen LogP contribution in [0.2, 0.25) is 0 Å². The first-order chi connectivity index (χ1) is 29.3. The van der Waals surface area contributed by atoms with Gasteiger partial charge in [0.2, 0.25) is 0 Å². The SMILES string of the molecule is c1ccc(-n2c3ccccc3c3cc(-c4ccc(-c5cccc6c(-c7cccc(-c8ccc9c%10ccccc%10c%10nccnc%10c9c8)c7)cccc56)cc4)ccc32)cc1. The molecule has 3 nitrogen and oxygen atoms in total. The number of fused-ring (bicyclic) bond motifs is 10. The monoisotopic (exact) mass is 749 g/mol. The molecule has 0 saturated carbocycles. The van der Waals surface area contributed by atoms with E-state index in [1.165, 1.54) is 88.0 Å². The average Bonchev–Trinajstić information content (AvgIpc) is 3.65. The number of hydrogen-bond donors (Lipinski definition) is 0. The molecular weight excluding hydrogens is 715 g/mol. The van der Waals surface area contributed by atoms with Crippen molar-refractivity contribution in [2.75, 3.05) is 0 Å². The Balaban J connectivity index is 0.906. The Morgan fingerprint density at radius 1 is 0.271 bits per heavy atom. The zero-order valence-corrected chi connectivity index (χ0v) is 32.0. The van der Waals surface area contributed by atoms with E-state index in [0.717, 1.165) is 27.4 Å². The molecule has 0 fully saturated rings. The topological polar surface area (TPSA) is 30.7 Å². The van der Waals surface area contributed by atoms with Crippen LogP contribution < -0.4 is 0 Å². The first kappa shape index (κ1) is 33.3. The summed E-state index contributed by atoms with van der Waals surface area (Å²) in [6.07, 6.45) is 3.58. The van der Waals surface area contributed by atoms with E-state index in [-0.39, 0.29) is 0 Å². The number of benzene rings is 10. The van der Waals surface area contributed by atoms with Gasteiger partial charge in [0.15, 0.2) is 0 Å². The smallest absolute Gasteiger partial charge is 0.0971 e. The van der Waals surface area contributed by atoms with Crippen LogP contribution in [0.25, 0.3) is 115 Å². The zero-order chi connectivity index (χ0) is 38.9. The van der Waals surface area contributed by atoms with Crippen molar-refractivity contribution in [1.82, 2.24) is 14.5 Å². The highest BCUT2D eigenvalue weighted by Gasteiger charge is 2.15. The van der Waals surface area contributed by atoms with Crippen molar-refractivity contribution in [1.29, 1.82) is 0 Å². The van der Waals surface area contributed by atoms with Crippen LogP contribution in [-0.2, 0) is 0 Å². The van der Waals surface area contributed by atoms with E-state index in [1.54, 1.807) is 12.4 Å². The van der Waals surface area contributed by atoms with Gasteiger partial charge in [-0.15, -0.1) is 0 Å². The number of aromatic nitrogens is 3. The van der Waals surface area contributed by atoms with Crippen molar-refractivity contribution < 1.29 is 0 Å². The van der Waals surface area contributed by atoms with Gasteiger partial charge in [0.25, 0.3) is 0 Å². The highest BCUT2D eigenvalue weighted by Crippen LogP contribution is 2.40. The van der Waals surface area contributed by atoms with Crippen LogP contribution in [0, 0.1) is 0 Å². The van der Waals surface area contributed by atoms with Crippen molar-refractivity contribution in [2.45, 2.75) is 0 Å². The average molecular weight is 750 g/mol. The Kier molecular flexibility index (Phi) is 7.54. The lowest BCUT2D eigenvalue weighted by atomic mass is 9.90. The van der Waals surface area contributed by atoms with Crippen LogP contribution in [0.4, 0.5) is 0 Å². The van der Waals surface area contributed by atoms with Crippen LogP contribution in [0.1, 0.15) is 0 Å². The largest absolute Gasteiger partial charge is 0.309 e. The van der Waals surface area contributed by atoms with E-state index >= 15 is 0 Å². The number of para-hydroxylation sites is 2. The molecule has 3 heteroatoms. The molecule has 0 N–H and O–H groups in total. The van der Waals surface area contributed by atoms with Crippen LogP contribution in [0.15, 0.2) is 213 Å². The first-order valence-electron chi connectivity index (χ1n) is 20.1. The summed E-state index contributed by atoms with van der Waals surface area (Å²) in [6, 6.07) is 72.8. The molecule has 0 spiro atoms. The predicted octanol–water partition coefficient (Wildman–Crippen LogP) is 14.9. The summed E-state index contributed by atoms with van der Waals surface area (Å²) >= 11 is 0. The molecule has 274 valence electrons. The lowest BCUT2D eigenvalue weighted by Crippen LogP contribution is -1.92. The maximum Gasteiger partial charge on any atom is 0.0971 e. The fraction of sp³-hybridized carbons (Fsp3) is 0. The van der Waals surface area contributed by atoms with Crippen LogP contribution in [0.3, 0.4) is 0 Å². The Hall–Kier alpha value is -7.88. The van der Waals surface area contributed by atoms with Gasteiger partial charge in [-0.2, -0.15) is 0 Å². The second-order valence-electron chi connectivity index (χ2n) is 15.3. The van der Waals surface area contributed by atoms with Crippen molar-refractivity contribution in [3.05, 3.63) is 213 Å². The van der Waals surface area contributed by atoms with E-state index in [0.29, 0.717) is 0 Å². The summed E-state index contributed by atoms with van der Waals surface area (Å²) in [7, 11) is 0. The molecule has 12 aromatic rings. The summed E-state index contributed by atoms with van der Waals surface area (Å²) in [5, 5.41) is 9.62. The molecule has 0 bridgehead atoms. The third kappa shape index (κ3) is 5.36. The van der Waals surface area contributed by atoms with Gasteiger partial charge in [-0.05, 0) is 109 Å². The molecule has 0 amide bonds. The van der Waals surface area contributed by atoms with Gasteiger partial charge in [-0.1, -0.05) is 158 Å². The molecule has 2 heterocycles. The van der Waals surface area contributed by atoms with Crippen LogP contribution >= 0.6 is 0 Å². The molecule has 0 saturated heterocycles. The van der Waals surface area contributed by atoms with Gasteiger partial charge < -0.3 is 4.57 Å². The lowest BCUT2D eigenvalue weighted by molar-refractivity contribution is 1.18. The minimum atomic E-state index is 0.932. The van der Waals surface area contributed by atoms with Gasteiger partial charge in [-0.25, -0.2) is 0 Å². The second-order valence-corrected chi connectivity index (χ2v) is 15.3. The number of hydrogen-bond acceptors (Lipinski definition) is 2. The first-order valence-corrected chi connectivity index (χ1v) is 20.1. The third-order valence-electron chi connectivity index (χ3n) is 12.1. The third-order valence-corrected chi connectivity index (χ3v) is 12.1. The van der Waals surface area contributed by atoms with Crippen molar-refractivity contribution in [2.24, 2.45) is 0 Å². The minimum Gasteiger partial charge on any atom is -0.309 e. The van der Waals surface area contributed by atoms with Crippen LogP contribution in [0.5, 0.6) is 0 Å². The molecule has 0 atom stereocenters. The van der Waals surface area contributed by atoms with Crippen molar-refractivity contribution in [3.8, 4) is 50.2 Å². The quantitative estimate of drug-likeness (QED) is 0.164. The molecule has 59 heavy (non-hydrogen) atoms. The molecular formula is C56H35N3. The molecule has 2 aromatic heterocycles. The van der Waals surface area contributed by atoms with Crippen LogP contribution in [-0.4, -0.2) is 14.5 Å². The predicted molar refractivity (Wildman–Crippen MR) is 248 cm³/mol. The molecule has 12 rings (SSSR count). The number of nitrogens with zero attached hydrogens (tertiary/aromatic N) is 3. The van der Waals surface area contributed by atoms with Crippen molar-refractivity contribution in [3.63, 3.8) is 0 Å². The van der Waals surface area contributed by atoms with E-state index in [1.807, 2.05) is 0 Å². The van der Waals surface area contributed by atoms with Gasteiger partial charge in [-0.3, -0.25) is 9.97 Å². The maximum absolute atomic E-state index is 4.81. The molecule has 0 radical (unpaired) electrons. The Labute approximate surface area is 341 Å². The normalized spacial score (nSPS) is 11.7. The molecule has 0 aliphatic carbocycles. The molecule has 0 unspecified atom stereocenters. The molecule has 0 aliphatic rings. The Morgan fingerprint density at radius 2 is 0.780 bits per heavy atom. The summed E-state index contributed by atoms with van der Waals surface area (Å²) in [5.41, 5.74) is 15.0. The summed E-state index contributed by atoms with van der Waals surface area (Å²) in [6.45, 7) is 0. The van der Waals surface area contributed by atoms with E-state index in [4.69, 9.17) is 9.97 Å². The van der Waals surface area contributed by atoms with E-state index in [9.17, 15) is 0 Å². The zero-order valence-electron chi connectivity index (χ0n) is 32.0. The standard InChI is InChI=1S/C56H35N3/c1-2-13-42(14-3-1)59-53-22-7-6-16-49(53)51-34-39(28-30-54(51)59)36-23-25-37(26-24-36)43-18-9-21-46-44(19-10-20-45(43)46)41-12-8-11-38(33-41)40-27-29-48-47-15-4-5-17-50(47)55-56(52(48)35-40)58-32-31-57-55/h1-35H. The fourth-order valence-corrected chi connectivity index (χ4v) is 9.34. The van der Waals surface area contributed by atoms with Gasteiger partial charge >= 0.3 is 0 Å². The highest BCUT2D eigenvalue weighted by atomic mass is 15.0. The highest BCUT2D eigenvalue weighted by molar-refractivity contribution is 6.23. The van der Waals surface area contributed by atoms with Gasteiger partial charge in [0, 0.05) is 39.6 Å². The fourth-order valence-electron chi connectivity index (χ4n) is 9.34. The van der Waals surface area contributed by atoms with E-state index in [2.05, 4.69) is 205 Å². The molecule has 10 aromatic carbocycles. The second kappa shape index (κ2) is 13.4. The summed E-state index contributed by atoms with van der Waals surface area (Å²) < 4.78 is 2.37. The van der Waals surface area contributed by atoms with Crippen molar-refractivity contribution >= 4 is 65.2 Å². The maximum atomic E-state index is 4.81. The summed E-state index contributed by atoms with van der Waals surface area (Å²) in [5.74, 6) is 0. The number of rotatable bonds is 5. The minimum absolute atomic E-state index is 0.932. The van der Waals surface area contributed by atoms with Gasteiger partial charge in [0.1, 0.15) is 0 Å². The molecule has 0 aliphatic heterocycles. The summed E-state index contributed by atoms with van der Waals surface area (Å²) in [4.78, 5) is 9.57. The Morgan fingerprint density at radius 3 is 1.58 bits per heavy atom. The van der Waals surface area contributed by atoms with E-state index < -0.39 is 0 Å². The lowest BCUT2D eigenvalue weighted by Gasteiger charge is -2.14.